The van der Waals surface area contributed by atoms with Crippen molar-refractivity contribution in [2.75, 3.05) is 11.9 Å². The Kier molecular flexibility index (Phi) is 4.83. The maximum absolute atomic E-state index is 12.9. The fraction of sp³-hybridized carbons (Fsp3) is 0.304. The van der Waals surface area contributed by atoms with Crippen LogP contribution in [0.5, 0.6) is 0 Å². The summed E-state index contributed by atoms with van der Waals surface area (Å²) in [4.78, 5) is 45.2. The van der Waals surface area contributed by atoms with Crippen LogP contribution in [0.4, 0.5) is 5.13 Å². The van der Waals surface area contributed by atoms with Gasteiger partial charge in [0.05, 0.1) is 5.69 Å². The monoisotopic (exact) mass is 419 g/mol. The van der Waals surface area contributed by atoms with E-state index in [1.54, 1.807) is 23.5 Å². The van der Waals surface area contributed by atoms with E-state index in [-0.39, 0.29) is 30.7 Å². The number of hydrogen-bond acceptors (Lipinski definition) is 5. The minimum atomic E-state index is -0.294. The molecule has 0 fully saturated rings. The van der Waals surface area contributed by atoms with E-state index < -0.39 is 0 Å². The van der Waals surface area contributed by atoms with Crippen LogP contribution in [-0.4, -0.2) is 34.2 Å². The topological polar surface area (TPSA) is 79.4 Å². The average Bonchev–Trinajstić information content (AvgIpc) is 3.16. The number of benzene rings is 2. The Morgan fingerprint density at radius 3 is 2.43 bits per heavy atom. The van der Waals surface area contributed by atoms with Gasteiger partial charge in [0.15, 0.2) is 5.13 Å². The third-order valence-corrected chi connectivity index (χ3v) is 6.81. The lowest BCUT2D eigenvalue weighted by molar-refractivity contribution is -0.116. The highest BCUT2D eigenvalue weighted by Crippen LogP contribution is 2.31. The summed E-state index contributed by atoms with van der Waals surface area (Å²) in [7, 11) is 0. The molecule has 1 N–H and O–H groups in total. The molecule has 0 saturated carbocycles. The third-order valence-electron chi connectivity index (χ3n) is 5.73. The van der Waals surface area contributed by atoms with Gasteiger partial charge < -0.3 is 5.32 Å². The molecule has 5 rings (SSSR count). The number of fused-ring (bicyclic) bond motifs is 1. The van der Waals surface area contributed by atoms with Crippen molar-refractivity contribution in [3.8, 4) is 0 Å². The van der Waals surface area contributed by atoms with E-state index in [0.29, 0.717) is 22.7 Å². The molecule has 0 unspecified atom stereocenters. The molecular weight excluding hydrogens is 398 g/mol. The van der Waals surface area contributed by atoms with Crippen LogP contribution in [0.15, 0.2) is 36.4 Å². The molecule has 6 nitrogen and oxygen atoms in total. The molecule has 0 bridgehead atoms. The van der Waals surface area contributed by atoms with E-state index in [2.05, 4.69) is 10.3 Å². The van der Waals surface area contributed by atoms with E-state index in [0.717, 1.165) is 35.7 Å². The summed E-state index contributed by atoms with van der Waals surface area (Å²) in [6.07, 6.45) is 4.99. The first-order chi connectivity index (χ1) is 14.6. The number of amides is 3. The summed E-state index contributed by atoms with van der Waals surface area (Å²) in [5, 5.41) is 5.13. The molecule has 0 radical (unpaired) electrons. The summed E-state index contributed by atoms with van der Waals surface area (Å²) >= 11 is 1.55. The van der Waals surface area contributed by atoms with Gasteiger partial charge in [-0.1, -0.05) is 24.3 Å². The van der Waals surface area contributed by atoms with Gasteiger partial charge in [-0.25, -0.2) is 4.98 Å². The molecule has 7 heteroatoms. The molecule has 2 heterocycles. The number of nitrogens with zero attached hydrogens (tertiary/aromatic N) is 2. The van der Waals surface area contributed by atoms with Gasteiger partial charge >= 0.3 is 0 Å². The molecular formula is C23H21N3O3S. The van der Waals surface area contributed by atoms with E-state index in [4.69, 9.17) is 0 Å². The smallest absolute Gasteiger partial charge is 0.261 e. The van der Waals surface area contributed by atoms with Crippen molar-refractivity contribution < 1.29 is 14.4 Å². The zero-order valence-corrected chi connectivity index (χ0v) is 17.3. The van der Waals surface area contributed by atoms with E-state index >= 15 is 0 Å². The lowest BCUT2D eigenvalue weighted by atomic mass is 9.94. The first-order valence-electron chi connectivity index (χ1n) is 10.3. The van der Waals surface area contributed by atoms with Gasteiger partial charge in [-0.2, -0.15) is 0 Å². The Morgan fingerprint density at radius 1 is 1.03 bits per heavy atom. The minimum absolute atomic E-state index is 0.138. The lowest BCUT2D eigenvalue weighted by Gasteiger charge is -2.27. The quantitative estimate of drug-likeness (QED) is 0.629. The van der Waals surface area contributed by atoms with Crippen molar-refractivity contribution in [1.29, 1.82) is 0 Å². The Bertz CT molecular complexity index is 1110. The SMILES string of the molecule is O=C(CCCN1C(=O)c2cccc3cccc(c23)C1=O)Nc1nc2c(s1)CCCC2. The molecule has 152 valence electrons. The van der Waals surface area contributed by atoms with Crippen molar-refractivity contribution >= 4 is 45.0 Å². The fourth-order valence-corrected chi connectivity index (χ4v) is 5.33. The number of anilines is 1. The standard InChI is InChI=1S/C23H21N3O3S/c27-19(25-23-24-17-10-1-2-11-18(17)30-23)12-5-13-26-21(28)15-8-3-6-14-7-4-9-16(20(14)15)22(26)29/h3-4,6-9H,1-2,5,10-13H2,(H,24,25,27). The van der Waals surface area contributed by atoms with Gasteiger partial charge in [0.25, 0.3) is 11.8 Å². The first-order valence-corrected chi connectivity index (χ1v) is 11.1. The molecule has 0 saturated heterocycles. The number of nitrogens with one attached hydrogen (secondary N) is 1. The number of aryl methyl sites for hydroxylation is 2. The highest BCUT2D eigenvalue weighted by molar-refractivity contribution is 7.15. The Balaban J connectivity index is 1.23. The van der Waals surface area contributed by atoms with Crippen molar-refractivity contribution in [2.45, 2.75) is 38.5 Å². The zero-order chi connectivity index (χ0) is 20.7. The average molecular weight is 420 g/mol. The van der Waals surface area contributed by atoms with Gasteiger partial charge in [-0.15, -0.1) is 11.3 Å². The molecule has 0 atom stereocenters. The van der Waals surface area contributed by atoms with Gasteiger partial charge in [0.1, 0.15) is 0 Å². The van der Waals surface area contributed by atoms with E-state index in [9.17, 15) is 14.4 Å². The van der Waals surface area contributed by atoms with E-state index in [1.165, 1.54) is 16.2 Å². The molecule has 1 aromatic heterocycles. The van der Waals surface area contributed by atoms with Crippen LogP contribution in [0, 0.1) is 0 Å². The van der Waals surface area contributed by atoms with Crippen molar-refractivity contribution in [3.63, 3.8) is 0 Å². The third kappa shape index (κ3) is 3.29. The van der Waals surface area contributed by atoms with Crippen LogP contribution < -0.4 is 5.32 Å². The summed E-state index contributed by atoms with van der Waals surface area (Å²) in [6, 6.07) is 11.0. The lowest BCUT2D eigenvalue weighted by Crippen LogP contribution is -2.41. The molecule has 2 aliphatic rings. The Morgan fingerprint density at radius 2 is 1.73 bits per heavy atom. The van der Waals surface area contributed by atoms with Crippen LogP contribution in [0.2, 0.25) is 0 Å². The van der Waals surface area contributed by atoms with Crippen LogP contribution in [0.3, 0.4) is 0 Å². The number of rotatable bonds is 5. The number of hydrogen-bond donors (Lipinski definition) is 1. The predicted octanol–water partition coefficient (Wildman–Crippen LogP) is 4.19. The maximum atomic E-state index is 12.9. The predicted molar refractivity (Wildman–Crippen MR) is 116 cm³/mol. The molecule has 1 aliphatic carbocycles. The molecule has 1 aliphatic heterocycles. The van der Waals surface area contributed by atoms with Crippen LogP contribution in [-0.2, 0) is 17.6 Å². The van der Waals surface area contributed by atoms with Gasteiger partial charge in [-0.3, -0.25) is 19.3 Å². The van der Waals surface area contributed by atoms with Crippen molar-refractivity contribution in [3.05, 3.63) is 58.1 Å². The summed E-state index contributed by atoms with van der Waals surface area (Å²) in [5.41, 5.74) is 2.19. The second-order valence-electron chi connectivity index (χ2n) is 7.72. The minimum Gasteiger partial charge on any atom is -0.302 e. The number of thiazole rings is 1. The molecule has 30 heavy (non-hydrogen) atoms. The highest BCUT2D eigenvalue weighted by atomic mass is 32.1. The van der Waals surface area contributed by atoms with Gasteiger partial charge in [-0.05, 0) is 49.6 Å². The van der Waals surface area contributed by atoms with Crippen LogP contribution >= 0.6 is 11.3 Å². The number of aromatic nitrogens is 1. The Labute approximate surface area is 177 Å². The largest absolute Gasteiger partial charge is 0.302 e. The summed E-state index contributed by atoms with van der Waals surface area (Å²) in [6.45, 7) is 0.212. The highest BCUT2D eigenvalue weighted by Gasteiger charge is 2.32. The van der Waals surface area contributed by atoms with E-state index in [1.807, 2.05) is 24.3 Å². The molecule has 0 spiro atoms. The maximum Gasteiger partial charge on any atom is 0.261 e. The number of carbonyl (C=O) groups excluding carboxylic acids is 3. The van der Waals surface area contributed by atoms with Crippen molar-refractivity contribution in [2.24, 2.45) is 0 Å². The van der Waals surface area contributed by atoms with Gasteiger partial charge in [0.2, 0.25) is 5.91 Å². The number of imide groups is 1. The fourth-order valence-electron chi connectivity index (χ4n) is 4.27. The van der Waals surface area contributed by atoms with Gasteiger partial charge in [0, 0.05) is 34.4 Å². The normalized spacial score (nSPS) is 15.4. The molecule has 2 aromatic carbocycles. The van der Waals surface area contributed by atoms with Crippen molar-refractivity contribution in [1.82, 2.24) is 9.88 Å². The van der Waals surface area contributed by atoms with Crippen LogP contribution in [0.25, 0.3) is 10.8 Å². The Hall–Kier alpha value is -3.06. The zero-order valence-electron chi connectivity index (χ0n) is 16.4. The summed E-state index contributed by atoms with van der Waals surface area (Å²) in [5.74, 6) is -0.727. The molecule has 3 amide bonds. The number of carbonyl (C=O) groups is 3. The second-order valence-corrected chi connectivity index (χ2v) is 8.80. The first kappa shape index (κ1) is 18.9. The second kappa shape index (κ2) is 7.65. The summed E-state index contributed by atoms with van der Waals surface area (Å²) < 4.78 is 0. The molecule has 3 aromatic rings. The van der Waals surface area contributed by atoms with Crippen LogP contribution in [0.1, 0.15) is 57.0 Å².